The van der Waals surface area contributed by atoms with Crippen molar-refractivity contribution in [1.82, 2.24) is 5.32 Å². The van der Waals surface area contributed by atoms with E-state index >= 15 is 0 Å². The Labute approximate surface area is 116 Å². The van der Waals surface area contributed by atoms with E-state index in [1.807, 2.05) is 34.6 Å². The van der Waals surface area contributed by atoms with E-state index in [9.17, 15) is 9.90 Å². The molecule has 5 nitrogen and oxygen atoms in total. The van der Waals surface area contributed by atoms with Crippen molar-refractivity contribution in [2.75, 3.05) is 19.8 Å². The third-order valence-corrected chi connectivity index (χ3v) is 2.77. The molecule has 0 aromatic rings. The molecule has 114 valence electrons. The first-order valence-corrected chi connectivity index (χ1v) is 6.81. The minimum Gasteiger partial charge on any atom is -0.444 e. The molecule has 2 N–H and O–H groups in total. The highest BCUT2D eigenvalue weighted by atomic mass is 16.6. The fraction of sp³-hybridized carbons (Fsp3) is 0.929. The van der Waals surface area contributed by atoms with Crippen molar-refractivity contribution in [2.45, 2.75) is 59.2 Å². The Kier molecular flexibility index (Phi) is 7.37. The largest absolute Gasteiger partial charge is 0.444 e. The number of carbonyl (C=O) groups is 1. The van der Waals surface area contributed by atoms with Gasteiger partial charge in [-0.1, -0.05) is 13.8 Å². The lowest BCUT2D eigenvalue weighted by atomic mass is 9.94. The highest BCUT2D eigenvalue weighted by molar-refractivity contribution is 5.67. The zero-order valence-electron chi connectivity index (χ0n) is 13.1. The van der Waals surface area contributed by atoms with Gasteiger partial charge in [-0.15, -0.1) is 0 Å². The van der Waals surface area contributed by atoms with Gasteiger partial charge >= 0.3 is 6.09 Å². The molecule has 0 aliphatic carbocycles. The fourth-order valence-electron chi connectivity index (χ4n) is 1.12. The minimum atomic E-state index is -0.807. The molecule has 0 aromatic heterocycles. The third kappa shape index (κ3) is 9.73. The average Bonchev–Trinajstić information content (AvgIpc) is 2.20. The second-order valence-corrected chi connectivity index (χ2v) is 6.35. The third-order valence-electron chi connectivity index (χ3n) is 2.77. The quantitative estimate of drug-likeness (QED) is 0.700. The van der Waals surface area contributed by atoms with Crippen LogP contribution in [0.15, 0.2) is 0 Å². The Morgan fingerprint density at radius 2 is 1.84 bits per heavy atom. The van der Waals surface area contributed by atoms with Gasteiger partial charge in [0.25, 0.3) is 0 Å². The van der Waals surface area contributed by atoms with Crippen LogP contribution < -0.4 is 5.32 Å². The van der Waals surface area contributed by atoms with Crippen LogP contribution in [0, 0.1) is 5.92 Å². The van der Waals surface area contributed by atoms with Gasteiger partial charge < -0.3 is 19.9 Å². The van der Waals surface area contributed by atoms with Crippen LogP contribution >= 0.6 is 0 Å². The molecular formula is C14H29NO4. The Balaban J connectivity index is 3.59. The Morgan fingerprint density at radius 1 is 1.26 bits per heavy atom. The predicted octanol–water partition coefficient (Wildman–Crippen LogP) is 2.32. The molecular weight excluding hydrogens is 246 g/mol. The number of hydrogen-bond acceptors (Lipinski definition) is 4. The van der Waals surface area contributed by atoms with Gasteiger partial charge in [-0.05, 0) is 40.0 Å². The first kappa shape index (κ1) is 18.2. The lowest BCUT2D eigenvalue weighted by Crippen LogP contribution is -2.37. The number of rotatable bonds is 7. The van der Waals surface area contributed by atoms with Crippen LogP contribution in [0.3, 0.4) is 0 Å². The predicted molar refractivity (Wildman–Crippen MR) is 75.1 cm³/mol. The molecule has 0 aliphatic heterocycles. The minimum absolute atomic E-state index is 0.146. The van der Waals surface area contributed by atoms with Crippen molar-refractivity contribution in [3.05, 3.63) is 0 Å². The number of amides is 1. The number of hydrogen-bond donors (Lipinski definition) is 2. The standard InChI is InChI=1S/C14H29NO4/c1-11(2)14(6,17)10-18-9-7-8-15-12(16)19-13(3,4)5/h11,17H,7-10H2,1-6H3,(H,15,16). The maximum atomic E-state index is 11.3. The zero-order chi connectivity index (χ0) is 15.1. The molecule has 0 rings (SSSR count). The molecule has 0 spiro atoms. The molecule has 0 saturated carbocycles. The number of aliphatic hydroxyl groups is 1. The summed E-state index contributed by atoms with van der Waals surface area (Å²) in [5.41, 5.74) is -1.28. The summed E-state index contributed by atoms with van der Waals surface area (Å²) in [7, 11) is 0. The summed E-state index contributed by atoms with van der Waals surface area (Å²) < 4.78 is 10.5. The lowest BCUT2D eigenvalue weighted by Gasteiger charge is -2.27. The lowest BCUT2D eigenvalue weighted by molar-refractivity contribution is -0.0632. The van der Waals surface area contributed by atoms with Crippen LogP contribution in [-0.4, -0.2) is 42.2 Å². The SMILES string of the molecule is CC(C)C(C)(O)COCCCNC(=O)OC(C)(C)C. The van der Waals surface area contributed by atoms with Crippen LogP contribution in [0.2, 0.25) is 0 Å². The van der Waals surface area contributed by atoms with Gasteiger partial charge in [-0.2, -0.15) is 0 Å². The fourth-order valence-corrected chi connectivity index (χ4v) is 1.12. The molecule has 0 fully saturated rings. The molecule has 5 heteroatoms. The van der Waals surface area contributed by atoms with E-state index in [0.29, 0.717) is 26.2 Å². The van der Waals surface area contributed by atoms with Crippen LogP contribution in [-0.2, 0) is 9.47 Å². The first-order chi connectivity index (χ1) is 8.54. The van der Waals surface area contributed by atoms with Gasteiger partial charge in [0.1, 0.15) is 5.60 Å². The summed E-state index contributed by atoms with van der Waals surface area (Å²) in [4.78, 5) is 11.3. The summed E-state index contributed by atoms with van der Waals surface area (Å²) in [5, 5.41) is 12.6. The van der Waals surface area contributed by atoms with Crippen LogP contribution in [0.25, 0.3) is 0 Å². The van der Waals surface area contributed by atoms with E-state index in [-0.39, 0.29) is 5.92 Å². The summed E-state index contributed by atoms with van der Waals surface area (Å²) in [6, 6.07) is 0. The summed E-state index contributed by atoms with van der Waals surface area (Å²) in [6.07, 6.45) is 0.273. The molecule has 0 heterocycles. The molecule has 0 radical (unpaired) electrons. The number of carbonyl (C=O) groups excluding carboxylic acids is 1. The summed E-state index contributed by atoms with van der Waals surface area (Å²) in [5.74, 6) is 0.146. The second-order valence-electron chi connectivity index (χ2n) is 6.35. The molecule has 0 saturated heterocycles. The smallest absolute Gasteiger partial charge is 0.407 e. The Hall–Kier alpha value is -0.810. The van der Waals surface area contributed by atoms with E-state index < -0.39 is 17.3 Å². The number of alkyl carbamates (subject to hydrolysis) is 1. The highest BCUT2D eigenvalue weighted by Gasteiger charge is 2.24. The molecule has 1 unspecified atom stereocenters. The van der Waals surface area contributed by atoms with Crippen molar-refractivity contribution in [2.24, 2.45) is 5.92 Å². The first-order valence-electron chi connectivity index (χ1n) is 6.81. The molecule has 1 atom stereocenters. The Morgan fingerprint density at radius 3 is 2.32 bits per heavy atom. The topological polar surface area (TPSA) is 67.8 Å². The molecule has 19 heavy (non-hydrogen) atoms. The van der Waals surface area contributed by atoms with Gasteiger partial charge in [-0.3, -0.25) is 0 Å². The van der Waals surface area contributed by atoms with Gasteiger partial charge in [0, 0.05) is 13.2 Å². The summed E-state index contributed by atoms with van der Waals surface area (Å²) in [6.45, 7) is 12.4. The van der Waals surface area contributed by atoms with Gasteiger partial charge in [0.2, 0.25) is 0 Å². The molecule has 0 aliphatic rings. The second kappa shape index (κ2) is 7.70. The zero-order valence-corrected chi connectivity index (χ0v) is 13.1. The van der Waals surface area contributed by atoms with Crippen molar-refractivity contribution < 1.29 is 19.4 Å². The van der Waals surface area contributed by atoms with Crippen molar-refractivity contribution in [3.8, 4) is 0 Å². The monoisotopic (exact) mass is 275 g/mol. The van der Waals surface area contributed by atoms with E-state index in [1.165, 1.54) is 0 Å². The van der Waals surface area contributed by atoms with Crippen LogP contribution in [0.1, 0.15) is 48.0 Å². The van der Waals surface area contributed by atoms with E-state index in [0.717, 1.165) is 0 Å². The van der Waals surface area contributed by atoms with E-state index in [1.54, 1.807) is 6.92 Å². The molecule has 0 bridgehead atoms. The van der Waals surface area contributed by atoms with Crippen LogP contribution in [0.5, 0.6) is 0 Å². The summed E-state index contributed by atoms with van der Waals surface area (Å²) >= 11 is 0. The highest BCUT2D eigenvalue weighted by Crippen LogP contribution is 2.16. The van der Waals surface area contributed by atoms with Crippen LogP contribution in [0.4, 0.5) is 4.79 Å². The van der Waals surface area contributed by atoms with Gasteiger partial charge in [0.05, 0.1) is 12.2 Å². The molecule has 1 amide bonds. The van der Waals surface area contributed by atoms with Crippen molar-refractivity contribution in [3.63, 3.8) is 0 Å². The average molecular weight is 275 g/mol. The van der Waals surface area contributed by atoms with Crippen molar-refractivity contribution >= 4 is 6.09 Å². The number of nitrogens with one attached hydrogen (secondary N) is 1. The van der Waals surface area contributed by atoms with Crippen molar-refractivity contribution in [1.29, 1.82) is 0 Å². The maximum Gasteiger partial charge on any atom is 0.407 e. The normalized spacial score (nSPS) is 15.2. The van der Waals surface area contributed by atoms with Gasteiger partial charge in [0.15, 0.2) is 0 Å². The van der Waals surface area contributed by atoms with E-state index in [2.05, 4.69) is 5.32 Å². The Bertz CT molecular complexity index is 269. The van der Waals surface area contributed by atoms with E-state index in [4.69, 9.17) is 9.47 Å². The van der Waals surface area contributed by atoms with Gasteiger partial charge in [-0.25, -0.2) is 4.79 Å². The maximum absolute atomic E-state index is 11.3. The molecule has 0 aromatic carbocycles. The number of ether oxygens (including phenoxy) is 2.